The van der Waals surface area contributed by atoms with Gasteiger partial charge in [-0.1, -0.05) is 12.1 Å². The molecule has 2 heterocycles. The van der Waals surface area contributed by atoms with Crippen molar-refractivity contribution in [3.8, 4) is 0 Å². The van der Waals surface area contributed by atoms with E-state index < -0.39 is 29.1 Å². The maximum absolute atomic E-state index is 12.2. The lowest BCUT2D eigenvalue weighted by molar-refractivity contribution is -0.384. The molecule has 182 valence electrons. The molecule has 0 saturated heterocycles. The fraction of sp³-hybridized carbons (Fsp3) is 0.300. The van der Waals surface area contributed by atoms with Gasteiger partial charge >= 0.3 is 24.2 Å². The maximum Gasteiger partial charge on any atom is 0.471 e. The predicted octanol–water partition coefficient (Wildman–Crippen LogP) is 3.67. The predicted molar refractivity (Wildman–Crippen MR) is 105 cm³/mol. The van der Waals surface area contributed by atoms with Crippen molar-refractivity contribution in [2.75, 3.05) is 5.73 Å². The van der Waals surface area contributed by atoms with Crippen LogP contribution in [0.2, 0.25) is 0 Å². The van der Waals surface area contributed by atoms with Gasteiger partial charge in [0.15, 0.2) is 0 Å². The van der Waals surface area contributed by atoms with E-state index in [4.69, 9.17) is 5.73 Å². The lowest BCUT2D eigenvalue weighted by atomic mass is 10.1. The minimum absolute atomic E-state index is 0.00600. The highest BCUT2D eigenvalue weighted by Crippen LogP contribution is 2.30. The number of amides is 2. The van der Waals surface area contributed by atoms with Crippen molar-refractivity contribution >= 4 is 23.2 Å². The number of carbonyl (C=O) groups excluding carboxylic acids is 2. The zero-order chi connectivity index (χ0) is 25.4. The van der Waals surface area contributed by atoms with Crippen molar-refractivity contribution in [1.82, 2.24) is 9.80 Å². The van der Waals surface area contributed by atoms with Gasteiger partial charge in [-0.15, -0.1) is 0 Å². The van der Waals surface area contributed by atoms with E-state index in [1.807, 2.05) is 0 Å². The first-order valence-corrected chi connectivity index (χ1v) is 9.52. The van der Waals surface area contributed by atoms with Gasteiger partial charge in [0.05, 0.1) is 4.92 Å². The minimum Gasteiger partial charge on any atom is -0.399 e. The van der Waals surface area contributed by atoms with Crippen LogP contribution in [0.15, 0.2) is 36.4 Å². The van der Waals surface area contributed by atoms with Gasteiger partial charge in [0.1, 0.15) is 0 Å². The quantitative estimate of drug-likeness (QED) is 0.284. The number of hydrogen-bond donors (Lipinski definition) is 1. The van der Waals surface area contributed by atoms with Crippen molar-refractivity contribution in [3.63, 3.8) is 0 Å². The molecule has 2 aliphatic heterocycles. The van der Waals surface area contributed by atoms with E-state index in [2.05, 4.69) is 0 Å². The lowest BCUT2D eigenvalue weighted by Gasteiger charge is -2.16. The third-order valence-electron chi connectivity index (χ3n) is 5.14. The number of fused-ring (bicyclic) bond motifs is 2. The van der Waals surface area contributed by atoms with Crippen LogP contribution in [0.1, 0.15) is 22.3 Å². The van der Waals surface area contributed by atoms with Gasteiger partial charge in [-0.3, -0.25) is 19.7 Å². The number of nitrogen functional groups attached to an aromatic ring is 1. The number of nitrogens with two attached hydrogens (primary N) is 1. The molecular weight excluding hydrogens is 474 g/mol. The lowest BCUT2D eigenvalue weighted by Crippen LogP contribution is -2.37. The topological polar surface area (TPSA) is 110 Å². The summed E-state index contributed by atoms with van der Waals surface area (Å²) in [4.78, 5) is 33.3. The van der Waals surface area contributed by atoms with Gasteiger partial charge in [0, 0.05) is 44.0 Å². The smallest absolute Gasteiger partial charge is 0.399 e. The summed E-state index contributed by atoms with van der Waals surface area (Å²) in [6.45, 7) is -0.465. The highest BCUT2D eigenvalue weighted by Gasteiger charge is 2.45. The molecule has 2 aromatic carbocycles. The summed E-state index contributed by atoms with van der Waals surface area (Å²) in [5, 5.41) is 10.5. The molecule has 2 amide bonds. The van der Waals surface area contributed by atoms with E-state index in [0.717, 1.165) is 4.90 Å². The Bertz CT molecular complexity index is 1150. The number of anilines is 1. The van der Waals surface area contributed by atoms with Gasteiger partial charge in [-0.25, -0.2) is 0 Å². The summed E-state index contributed by atoms with van der Waals surface area (Å²) < 4.78 is 73.3. The summed E-state index contributed by atoms with van der Waals surface area (Å²) >= 11 is 0. The molecule has 2 N–H and O–H groups in total. The first-order chi connectivity index (χ1) is 15.7. The SMILES string of the molecule is Nc1ccc2c(c1)CN(C(=O)C(F)(F)F)C2.O=C(N1Cc2ccc([N+](=O)[O-])cc2C1)C(F)(F)F. The molecule has 2 aliphatic rings. The van der Waals surface area contributed by atoms with Crippen LogP contribution < -0.4 is 5.73 Å². The summed E-state index contributed by atoms with van der Waals surface area (Å²) in [5.41, 5.74) is 8.07. The van der Waals surface area contributed by atoms with Crippen molar-refractivity contribution in [2.45, 2.75) is 38.5 Å². The van der Waals surface area contributed by atoms with Gasteiger partial charge in [0.2, 0.25) is 0 Å². The molecule has 0 radical (unpaired) electrons. The molecule has 0 aromatic heterocycles. The average molecular weight is 490 g/mol. The fourth-order valence-corrected chi connectivity index (χ4v) is 3.55. The molecule has 34 heavy (non-hydrogen) atoms. The van der Waals surface area contributed by atoms with Crippen LogP contribution in [0.4, 0.5) is 37.7 Å². The van der Waals surface area contributed by atoms with Crippen LogP contribution in [0.25, 0.3) is 0 Å². The molecule has 0 aliphatic carbocycles. The van der Waals surface area contributed by atoms with Crippen LogP contribution in [0.5, 0.6) is 0 Å². The van der Waals surface area contributed by atoms with Crippen LogP contribution in [-0.2, 0) is 35.8 Å². The number of non-ortho nitro benzene ring substituents is 1. The molecule has 2 aromatic rings. The van der Waals surface area contributed by atoms with Crippen molar-refractivity contribution in [3.05, 3.63) is 68.8 Å². The van der Waals surface area contributed by atoms with E-state index in [1.165, 1.54) is 18.2 Å². The number of hydrogen-bond acceptors (Lipinski definition) is 5. The highest BCUT2D eigenvalue weighted by molar-refractivity contribution is 5.83. The van der Waals surface area contributed by atoms with Gasteiger partial charge in [-0.05, 0) is 34.4 Å². The second kappa shape index (κ2) is 8.83. The molecule has 0 bridgehead atoms. The van der Waals surface area contributed by atoms with Crippen LogP contribution in [0, 0.1) is 10.1 Å². The van der Waals surface area contributed by atoms with Crippen LogP contribution in [0.3, 0.4) is 0 Å². The molecule has 0 fully saturated rings. The van der Waals surface area contributed by atoms with Gasteiger partial charge < -0.3 is 15.5 Å². The normalized spacial score (nSPS) is 14.8. The largest absolute Gasteiger partial charge is 0.471 e. The highest BCUT2D eigenvalue weighted by atomic mass is 19.4. The summed E-state index contributed by atoms with van der Waals surface area (Å²) in [6, 6.07) is 8.63. The van der Waals surface area contributed by atoms with E-state index in [-0.39, 0.29) is 31.9 Å². The summed E-state index contributed by atoms with van der Waals surface area (Å²) in [6.07, 6.45) is -9.73. The van der Waals surface area contributed by atoms with E-state index >= 15 is 0 Å². The maximum atomic E-state index is 12.2. The third-order valence-corrected chi connectivity index (χ3v) is 5.14. The van der Waals surface area contributed by atoms with Gasteiger partial charge in [0.25, 0.3) is 5.69 Å². The molecule has 0 atom stereocenters. The Kier molecular flexibility index (Phi) is 6.44. The van der Waals surface area contributed by atoms with E-state index in [0.29, 0.717) is 32.8 Å². The number of nitro benzene ring substituents is 1. The standard InChI is InChI=1S/C10H7F3N2O3.C10H9F3N2O/c11-10(12,13)9(16)14-4-6-1-2-8(15(17)18)3-7(6)5-14;11-10(12,13)9(16)15-4-6-1-2-8(14)3-7(6)5-15/h1-3H,4-5H2;1-3H,4-5,14H2. The second-order valence-electron chi connectivity index (χ2n) is 7.56. The third kappa shape index (κ3) is 5.38. The van der Waals surface area contributed by atoms with Crippen molar-refractivity contribution in [2.24, 2.45) is 0 Å². The van der Waals surface area contributed by atoms with Crippen LogP contribution in [-0.4, -0.2) is 38.9 Å². The Morgan fingerprint density at radius 3 is 1.62 bits per heavy atom. The van der Waals surface area contributed by atoms with Crippen LogP contribution >= 0.6 is 0 Å². The number of rotatable bonds is 1. The molecule has 0 saturated carbocycles. The Morgan fingerprint density at radius 2 is 1.18 bits per heavy atom. The molecule has 0 unspecified atom stereocenters. The monoisotopic (exact) mass is 490 g/mol. The zero-order valence-electron chi connectivity index (χ0n) is 17.1. The summed E-state index contributed by atoms with van der Waals surface area (Å²) in [5.74, 6) is -3.73. The average Bonchev–Trinajstić information content (AvgIpc) is 3.34. The summed E-state index contributed by atoms with van der Waals surface area (Å²) in [7, 11) is 0. The van der Waals surface area contributed by atoms with Gasteiger partial charge in [-0.2, -0.15) is 26.3 Å². The first kappa shape index (κ1) is 24.8. The second-order valence-corrected chi connectivity index (χ2v) is 7.56. The minimum atomic E-state index is -4.92. The first-order valence-electron chi connectivity index (χ1n) is 9.52. The molecule has 0 spiro atoms. The number of halogens is 6. The Balaban J connectivity index is 0.000000192. The number of alkyl halides is 6. The number of nitro groups is 1. The zero-order valence-corrected chi connectivity index (χ0v) is 17.1. The molecule has 8 nitrogen and oxygen atoms in total. The molecule has 14 heteroatoms. The van der Waals surface area contributed by atoms with Crippen molar-refractivity contribution in [1.29, 1.82) is 0 Å². The Labute approximate surface area is 187 Å². The Hall–Kier alpha value is -3.84. The fourth-order valence-electron chi connectivity index (χ4n) is 3.55. The van der Waals surface area contributed by atoms with E-state index in [1.54, 1.807) is 18.2 Å². The van der Waals surface area contributed by atoms with E-state index in [9.17, 15) is 46.0 Å². The number of carbonyl (C=O) groups is 2. The number of benzene rings is 2. The number of nitrogens with zero attached hydrogens (tertiary/aromatic N) is 3. The molecular formula is C20H16F6N4O4. The van der Waals surface area contributed by atoms with Crippen molar-refractivity contribution < 1.29 is 40.9 Å². The Morgan fingerprint density at radius 1 is 0.765 bits per heavy atom. The molecule has 4 rings (SSSR count).